The number of allylic oxidation sites excluding steroid dienone is 2. The van der Waals surface area contributed by atoms with E-state index in [9.17, 15) is 30.0 Å². The number of aromatic hydroxyl groups is 4. The Morgan fingerprint density at radius 2 is 1.55 bits per heavy atom. The van der Waals surface area contributed by atoms with E-state index in [1.165, 1.54) is 6.92 Å². The van der Waals surface area contributed by atoms with E-state index in [1.54, 1.807) is 19.9 Å². The molecule has 0 aliphatic heterocycles. The van der Waals surface area contributed by atoms with Crippen molar-refractivity contribution in [3.8, 4) is 23.0 Å². The van der Waals surface area contributed by atoms with Gasteiger partial charge in [-0.15, -0.1) is 0 Å². The summed E-state index contributed by atoms with van der Waals surface area (Å²) in [6.07, 6.45) is 1.92. The number of phenolic OH excluding ortho intramolecular Hbond substituents is 3. The Bertz CT molecular complexity index is 1050. The Balaban J connectivity index is 2.75. The lowest BCUT2D eigenvalue weighted by atomic mass is 9.91. The maximum Gasteiger partial charge on any atom is 0.343 e. The molecule has 0 aliphatic carbocycles. The molecule has 0 amide bonds. The summed E-state index contributed by atoms with van der Waals surface area (Å²) in [7, 11) is 0. The molecule has 2 rings (SSSR count). The molecule has 0 bridgehead atoms. The Labute approximate surface area is 168 Å². The molecule has 7 heteroatoms. The van der Waals surface area contributed by atoms with E-state index >= 15 is 0 Å². The molecule has 156 valence electrons. The van der Waals surface area contributed by atoms with Gasteiger partial charge < -0.3 is 24.8 Å². The highest BCUT2D eigenvalue weighted by Gasteiger charge is 2.27. The lowest BCUT2D eigenvalue weighted by Gasteiger charge is -2.17. The Hall–Kier alpha value is -3.22. The van der Waals surface area contributed by atoms with Crippen molar-refractivity contribution in [2.75, 3.05) is 0 Å². The van der Waals surface area contributed by atoms with Gasteiger partial charge in [-0.3, -0.25) is 4.79 Å². The summed E-state index contributed by atoms with van der Waals surface area (Å²) in [5, 5.41) is 42.1. The van der Waals surface area contributed by atoms with Crippen molar-refractivity contribution < 1.29 is 29.6 Å². The van der Waals surface area contributed by atoms with Crippen LogP contribution in [0.4, 0.5) is 0 Å². The van der Waals surface area contributed by atoms with Gasteiger partial charge in [0.25, 0.3) is 0 Å². The second-order valence-corrected chi connectivity index (χ2v) is 7.21. The Kier molecular flexibility index (Phi) is 6.41. The normalized spacial score (nSPS) is 10.8. The second kappa shape index (κ2) is 8.43. The topological polar surface area (TPSA) is 128 Å². The van der Waals surface area contributed by atoms with Crippen LogP contribution in [0.3, 0.4) is 0 Å². The van der Waals surface area contributed by atoms with E-state index < -0.39 is 28.7 Å². The molecule has 0 radical (unpaired) electrons. The number of carbonyl (C=O) groups excluding carboxylic acids is 1. The second-order valence-electron chi connectivity index (χ2n) is 7.21. The minimum Gasteiger partial charge on any atom is -0.507 e. The van der Waals surface area contributed by atoms with Crippen LogP contribution >= 0.6 is 0 Å². The Morgan fingerprint density at radius 1 is 0.931 bits per heavy atom. The highest BCUT2D eigenvalue weighted by atomic mass is 16.4. The maximum absolute atomic E-state index is 12.3. The molecule has 0 fully saturated rings. The van der Waals surface area contributed by atoms with Gasteiger partial charge in [0.05, 0.1) is 11.1 Å². The summed E-state index contributed by atoms with van der Waals surface area (Å²) in [6.45, 7) is 8.26. The van der Waals surface area contributed by atoms with E-state index in [4.69, 9.17) is 4.42 Å². The number of aryl methyl sites for hydroxylation is 1. The van der Waals surface area contributed by atoms with Gasteiger partial charge >= 0.3 is 5.63 Å². The maximum atomic E-state index is 12.3. The van der Waals surface area contributed by atoms with Gasteiger partial charge in [0.2, 0.25) is 0 Å². The van der Waals surface area contributed by atoms with Crippen LogP contribution in [0.25, 0.3) is 0 Å². The highest BCUT2D eigenvalue weighted by molar-refractivity contribution is 6.00. The first-order valence-electron chi connectivity index (χ1n) is 9.28. The zero-order valence-corrected chi connectivity index (χ0v) is 17.2. The fourth-order valence-corrected chi connectivity index (χ4v) is 3.24. The third-order valence-corrected chi connectivity index (χ3v) is 4.88. The molecule has 0 saturated heterocycles. The summed E-state index contributed by atoms with van der Waals surface area (Å²) in [5.74, 6) is -2.29. The lowest BCUT2D eigenvalue weighted by Crippen LogP contribution is -2.12. The molecule has 0 atom stereocenters. The van der Waals surface area contributed by atoms with E-state index in [0.717, 1.165) is 5.57 Å². The smallest absolute Gasteiger partial charge is 0.343 e. The number of hydrogen-bond donors (Lipinski definition) is 4. The molecule has 1 heterocycles. The molecule has 29 heavy (non-hydrogen) atoms. The third kappa shape index (κ3) is 4.13. The minimum absolute atomic E-state index is 0.134. The first-order valence-corrected chi connectivity index (χ1v) is 9.28. The molecule has 0 aliphatic rings. The molecule has 0 saturated carbocycles. The summed E-state index contributed by atoms with van der Waals surface area (Å²) >= 11 is 0. The number of phenols is 3. The van der Waals surface area contributed by atoms with Crippen LogP contribution in [0.2, 0.25) is 0 Å². The largest absolute Gasteiger partial charge is 0.507 e. The first kappa shape index (κ1) is 22.1. The number of carbonyl (C=O) groups is 1. The van der Waals surface area contributed by atoms with Crippen LogP contribution in [0.1, 0.15) is 66.1 Å². The summed E-state index contributed by atoms with van der Waals surface area (Å²) in [5.41, 5.74) is 0.131. The summed E-state index contributed by atoms with van der Waals surface area (Å²) in [6, 6.07) is 0. The van der Waals surface area contributed by atoms with E-state index in [0.29, 0.717) is 17.7 Å². The van der Waals surface area contributed by atoms with E-state index in [1.807, 2.05) is 13.8 Å². The van der Waals surface area contributed by atoms with Gasteiger partial charge in [-0.2, -0.15) is 0 Å². The van der Waals surface area contributed by atoms with Crippen LogP contribution in [0.15, 0.2) is 20.9 Å². The SMILES string of the molecule is CCc1oc(=O)c(Cc2c(O)c(O)c(C(C)=O)c(CC=C(C)C)c2O)c(O)c1C. The van der Waals surface area contributed by atoms with Gasteiger partial charge in [-0.25, -0.2) is 4.79 Å². The lowest BCUT2D eigenvalue weighted by molar-refractivity contribution is 0.101. The fourth-order valence-electron chi connectivity index (χ4n) is 3.24. The van der Waals surface area contributed by atoms with Gasteiger partial charge in [-0.05, 0) is 34.1 Å². The minimum atomic E-state index is -0.801. The van der Waals surface area contributed by atoms with Crippen LogP contribution in [-0.4, -0.2) is 26.2 Å². The van der Waals surface area contributed by atoms with Gasteiger partial charge in [-0.1, -0.05) is 18.6 Å². The third-order valence-electron chi connectivity index (χ3n) is 4.88. The molecule has 0 unspecified atom stereocenters. The number of Topliss-reactive ketones (excluding diaryl/α,β-unsaturated/α-hetero) is 1. The van der Waals surface area contributed by atoms with E-state index in [-0.39, 0.29) is 40.8 Å². The van der Waals surface area contributed by atoms with Gasteiger partial charge in [0, 0.05) is 29.5 Å². The zero-order valence-electron chi connectivity index (χ0n) is 17.2. The zero-order chi connectivity index (χ0) is 22.0. The van der Waals surface area contributed by atoms with Crippen molar-refractivity contribution in [2.24, 2.45) is 0 Å². The number of hydrogen-bond acceptors (Lipinski definition) is 7. The first-order chi connectivity index (χ1) is 13.5. The monoisotopic (exact) mass is 402 g/mol. The summed E-state index contributed by atoms with van der Waals surface area (Å²) in [4.78, 5) is 24.4. The fraction of sp³-hybridized carbons (Fsp3) is 0.364. The number of ketones is 1. The van der Waals surface area contributed by atoms with Crippen molar-refractivity contribution in [2.45, 2.75) is 53.9 Å². The summed E-state index contributed by atoms with van der Waals surface area (Å²) < 4.78 is 5.22. The molecule has 0 spiro atoms. The molecule has 1 aromatic carbocycles. The van der Waals surface area contributed by atoms with E-state index in [2.05, 4.69) is 0 Å². The van der Waals surface area contributed by atoms with Crippen molar-refractivity contribution in [3.63, 3.8) is 0 Å². The average Bonchev–Trinajstić information content (AvgIpc) is 2.65. The van der Waals surface area contributed by atoms with Crippen LogP contribution in [-0.2, 0) is 19.3 Å². The number of rotatable bonds is 6. The molecular weight excluding hydrogens is 376 g/mol. The van der Waals surface area contributed by atoms with Crippen molar-refractivity contribution in [1.29, 1.82) is 0 Å². The predicted molar refractivity (Wildman–Crippen MR) is 108 cm³/mol. The molecule has 7 nitrogen and oxygen atoms in total. The van der Waals surface area contributed by atoms with Crippen molar-refractivity contribution >= 4 is 5.78 Å². The molecule has 2 aromatic rings. The van der Waals surface area contributed by atoms with Crippen LogP contribution < -0.4 is 5.63 Å². The van der Waals surface area contributed by atoms with Crippen LogP contribution in [0, 0.1) is 6.92 Å². The average molecular weight is 402 g/mol. The quantitative estimate of drug-likeness (QED) is 0.251. The van der Waals surface area contributed by atoms with Crippen LogP contribution in [0.5, 0.6) is 23.0 Å². The highest BCUT2D eigenvalue weighted by Crippen LogP contribution is 2.44. The molecular formula is C22H26O7. The Morgan fingerprint density at radius 3 is 2.07 bits per heavy atom. The molecule has 4 N–H and O–H groups in total. The van der Waals surface area contributed by atoms with Crippen molar-refractivity contribution in [1.82, 2.24) is 0 Å². The molecule has 1 aromatic heterocycles. The van der Waals surface area contributed by atoms with Gasteiger partial charge in [0.1, 0.15) is 17.3 Å². The van der Waals surface area contributed by atoms with Crippen molar-refractivity contribution in [3.05, 3.63) is 55.6 Å². The standard InChI is InChI=1S/C22H26O7/c1-6-16-11(4)18(24)15(22(28)29-16)9-14-19(25)13(8-7-10(2)3)17(12(5)23)21(27)20(14)26/h7,24-27H,6,8-9H2,1-5H3. The predicted octanol–water partition coefficient (Wildman–Crippen LogP) is 3.64. The number of benzene rings is 1. The van der Waals surface area contributed by atoms with Gasteiger partial charge in [0.15, 0.2) is 17.3 Å².